The van der Waals surface area contributed by atoms with Crippen molar-refractivity contribution < 1.29 is 19.1 Å². The molecule has 1 N–H and O–H groups in total. The summed E-state index contributed by atoms with van der Waals surface area (Å²) in [6, 6.07) is 4.50. The minimum atomic E-state index is -0.412. The maximum absolute atomic E-state index is 12.5. The van der Waals surface area contributed by atoms with Crippen molar-refractivity contribution in [3.05, 3.63) is 39.9 Å². The Morgan fingerprint density at radius 2 is 2.04 bits per heavy atom. The van der Waals surface area contributed by atoms with Gasteiger partial charge in [-0.3, -0.25) is 24.6 Å². The third kappa shape index (κ3) is 3.24. The van der Waals surface area contributed by atoms with E-state index in [1.807, 2.05) is 0 Å². The van der Waals surface area contributed by atoms with Gasteiger partial charge < -0.3 is 4.74 Å². The maximum Gasteiger partial charge on any atom is 0.261 e. The van der Waals surface area contributed by atoms with Gasteiger partial charge in [0.15, 0.2) is 0 Å². The van der Waals surface area contributed by atoms with E-state index >= 15 is 0 Å². The number of hydrogen-bond acceptors (Lipinski definition) is 7. The molecule has 0 bridgehead atoms. The van der Waals surface area contributed by atoms with Gasteiger partial charge in [0.2, 0.25) is 5.13 Å². The fourth-order valence-electron chi connectivity index (χ4n) is 3.09. The molecule has 2 aromatic rings. The normalized spacial score (nSPS) is 16.4. The number of ether oxygens (including phenoxy) is 1. The number of benzene rings is 1. The van der Waals surface area contributed by atoms with Crippen molar-refractivity contribution in [2.75, 3.05) is 25.6 Å². The first-order valence-corrected chi connectivity index (χ1v) is 9.54. The molecule has 3 amide bonds. The number of aromatic nitrogens is 2. The molecule has 140 valence electrons. The lowest BCUT2D eigenvalue weighted by molar-refractivity contribution is 0.0603. The zero-order valence-corrected chi connectivity index (χ0v) is 15.5. The second-order valence-corrected chi connectivity index (χ2v) is 7.55. The number of hydrogen-bond donors (Lipinski definition) is 1. The smallest absolute Gasteiger partial charge is 0.261 e. The van der Waals surface area contributed by atoms with E-state index in [4.69, 9.17) is 4.74 Å². The first-order chi connectivity index (χ1) is 13.1. The zero-order chi connectivity index (χ0) is 19.0. The third-order valence-corrected chi connectivity index (χ3v) is 5.87. The van der Waals surface area contributed by atoms with Crippen molar-refractivity contribution in [2.24, 2.45) is 0 Å². The summed E-state index contributed by atoms with van der Waals surface area (Å²) >= 11 is 1.38. The van der Waals surface area contributed by atoms with Crippen LogP contribution in [0.3, 0.4) is 0 Å². The van der Waals surface area contributed by atoms with Crippen LogP contribution in [0, 0.1) is 0 Å². The summed E-state index contributed by atoms with van der Waals surface area (Å²) in [5, 5.41) is 12.3. The molecule has 1 aliphatic heterocycles. The molecule has 0 unspecified atom stereocenters. The fraction of sp³-hybridized carbons (Fsp3) is 0.389. The molecule has 0 saturated heterocycles. The molecule has 1 fully saturated rings. The second-order valence-electron chi connectivity index (χ2n) is 6.54. The highest BCUT2D eigenvalue weighted by atomic mass is 32.1. The number of methoxy groups -OCH3 is 1. The van der Waals surface area contributed by atoms with Crippen LogP contribution >= 0.6 is 11.3 Å². The number of fused-ring (bicyclic) bond motifs is 1. The van der Waals surface area contributed by atoms with Gasteiger partial charge in [0.05, 0.1) is 24.3 Å². The molecule has 0 radical (unpaired) electrons. The van der Waals surface area contributed by atoms with Gasteiger partial charge in [-0.2, -0.15) is 0 Å². The van der Waals surface area contributed by atoms with E-state index in [9.17, 15) is 14.4 Å². The average Bonchev–Trinajstić information content (AvgIpc) is 3.15. The SMILES string of the molecule is COCCN1C(=O)c2ccc(C(=O)Nc3nnc(C4CCC4)s3)cc2C1=O. The summed E-state index contributed by atoms with van der Waals surface area (Å²) in [6.45, 7) is 0.443. The Morgan fingerprint density at radius 3 is 2.74 bits per heavy atom. The molecule has 1 saturated carbocycles. The van der Waals surface area contributed by atoms with E-state index in [0.29, 0.717) is 22.2 Å². The molecular weight excluding hydrogens is 368 g/mol. The molecule has 1 aromatic heterocycles. The average molecular weight is 386 g/mol. The van der Waals surface area contributed by atoms with Crippen LogP contribution in [0.15, 0.2) is 18.2 Å². The predicted octanol–water partition coefficient (Wildman–Crippen LogP) is 2.30. The van der Waals surface area contributed by atoms with E-state index in [1.165, 1.54) is 43.1 Å². The number of carbonyl (C=O) groups is 3. The number of carbonyl (C=O) groups excluding carboxylic acids is 3. The lowest BCUT2D eigenvalue weighted by Crippen LogP contribution is -2.32. The summed E-state index contributed by atoms with van der Waals surface area (Å²) in [6.07, 6.45) is 3.43. The van der Waals surface area contributed by atoms with Crippen molar-refractivity contribution >= 4 is 34.2 Å². The number of anilines is 1. The van der Waals surface area contributed by atoms with E-state index in [0.717, 1.165) is 22.7 Å². The van der Waals surface area contributed by atoms with Crippen molar-refractivity contribution in [1.82, 2.24) is 15.1 Å². The maximum atomic E-state index is 12.5. The molecule has 2 heterocycles. The van der Waals surface area contributed by atoms with Crippen LogP contribution in [0.1, 0.15) is 61.3 Å². The Labute approximate surface area is 159 Å². The Bertz CT molecular complexity index is 922. The highest BCUT2D eigenvalue weighted by Gasteiger charge is 2.35. The van der Waals surface area contributed by atoms with Crippen LogP contribution < -0.4 is 5.32 Å². The van der Waals surface area contributed by atoms with Gasteiger partial charge >= 0.3 is 0 Å². The quantitative estimate of drug-likeness (QED) is 0.765. The van der Waals surface area contributed by atoms with Crippen LogP contribution in [0.25, 0.3) is 0 Å². The summed E-state index contributed by atoms with van der Waals surface area (Å²) in [4.78, 5) is 38.4. The summed E-state index contributed by atoms with van der Waals surface area (Å²) in [5.74, 6) is -0.710. The Morgan fingerprint density at radius 1 is 1.26 bits per heavy atom. The predicted molar refractivity (Wildman–Crippen MR) is 98.1 cm³/mol. The summed E-state index contributed by atoms with van der Waals surface area (Å²) in [7, 11) is 1.50. The summed E-state index contributed by atoms with van der Waals surface area (Å²) < 4.78 is 4.94. The fourth-order valence-corrected chi connectivity index (χ4v) is 4.00. The lowest BCUT2D eigenvalue weighted by atomic mass is 9.86. The summed E-state index contributed by atoms with van der Waals surface area (Å²) in [5.41, 5.74) is 0.830. The molecule has 0 atom stereocenters. The van der Waals surface area contributed by atoms with Gasteiger partial charge in [-0.05, 0) is 31.0 Å². The van der Waals surface area contributed by atoms with Gasteiger partial charge in [0, 0.05) is 18.6 Å². The van der Waals surface area contributed by atoms with Crippen molar-refractivity contribution in [1.29, 1.82) is 0 Å². The van der Waals surface area contributed by atoms with Crippen LogP contribution in [0.2, 0.25) is 0 Å². The number of amides is 3. The van der Waals surface area contributed by atoms with Gasteiger partial charge in [0.1, 0.15) is 5.01 Å². The van der Waals surface area contributed by atoms with Gasteiger partial charge in [-0.1, -0.05) is 17.8 Å². The van der Waals surface area contributed by atoms with Crippen LogP contribution in [-0.4, -0.2) is 53.1 Å². The van der Waals surface area contributed by atoms with Crippen LogP contribution in [-0.2, 0) is 4.74 Å². The monoisotopic (exact) mass is 386 g/mol. The van der Waals surface area contributed by atoms with Gasteiger partial charge in [-0.25, -0.2) is 0 Å². The number of imide groups is 1. The van der Waals surface area contributed by atoms with Crippen molar-refractivity contribution in [2.45, 2.75) is 25.2 Å². The topological polar surface area (TPSA) is 101 Å². The molecule has 1 aromatic carbocycles. The molecule has 1 aliphatic carbocycles. The van der Waals surface area contributed by atoms with Crippen molar-refractivity contribution in [3.8, 4) is 0 Å². The number of rotatable bonds is 6. The molecule has 0 spiro atoms. The molecule has 9 heteroatoms. The van der Waals surface area contributed by atoms with Crippen LogP contribution in [0.5, 0.6) is 0 Å². The highest BCUT2D eigenvalue weighted by molar-refractivity contribution is 7.15. The Balaban J connectivity index is 1.50. The standard InChI is InChI=1S/C18H18N4O4S/c1-26-8-7-22-16(24)12-6-5-11(9-13(12)17(22)25)14(23)19-18-21-20-15(27-18)10-3-2-4-10/h5-6,9-10H,2-4,7-8H2,1H3,(H,19,21,23). The van der Waals surface area contributed by atoms with E-state index in [2.05, 4.69) is 15.5 Å². The lowest BCUT2D eigenvalue weighted by Gasteiger charge is -2.21. The van der Waals surface area contributed by atoms with E-state index < -0.39 is 5.91 Å². The zero-order valence-electron chi connectivity index (χ0n) is 14.7. The van der Waals surface area contributed by atoms with Crippen molar-refractivity contribution in [3.63, 3.8) is 0 Å². The van der Waals surface area contributed by atoms with Gasteiger partial charge in [-0.15, -0.1) is 10.2 Å². The minimum Gasteiger partial charge on any atom is -0.383 e. The molecule has 27 heavy (non-hydrogen) atoms. The molecule has 8 nitrogen and oxygen atoms in total. The Kier molecular flexibility index (Phi) is 4.71. The van der Waals surface area contributed by atoms with Gasteiger partial charge in [0.25, 0.3) is 17.7 Å². The second kappa shape index (κ2) is 7.16. The highest BCUT2D eigenvalue weighted by Crippen LogP contribution is 2.38. The number of nitrogens with one attached hydrogen (secondary N) is 1. The number of nitrogens with zero attached hydrogens (tertiary/aromatic N) is 3. The largest absolute Gasteiger partial charge is 0.383 e. The molecule has 4 rings (SSSR count). The molecular formula is C18H18N4O4S. The first kappa shape index (κ1) is 17.7. The molecule has 2 aliphatic rings. The first-order valence-electron chi connectivity index (χ1n) is 8.72. The van der Waals surface area contributed by atoms with E-state index in [-0.39, 0.29) is 30.5 Å². The Hall–Kier alpha value is -2.65. The third-order valence-electron chi connectivity index (χ3n) is 4.87. The minimum absolute atomic E-state index is 0.180. The van der Waals surface area contributed by atoms with Crippen LogP contribution in [0.4, 0.5) is 5.13 Å². The van der Waals surface area contributed by atoms with E-state index in [1.54, 1.807) is 0 Å².